The largest absolute Gasteiger partial charge is 0.497 e. The normalized spacial score (nSPS) is 20.6. The highest BCUT2D eigenvalue weighted by Gasteiger charge is 2.43. The molecule has 0 saturated carbocycles. The molecule has 0 N–H and O–H groups in total. The molecule has 2 amide bonds. The van der Waals surface area contributed by atoms with Crippen molar-refractivity contribution in [3.05, 3.63) is 95.8 Å². The molecular weight excluding hydrogens is 467 g/mol. The van der Waals surface area contributed by atoms with Crippen molar-refractivity contribution in [2.24, 2.45) is 11.8 Å². The lowest BCUT2D eigenvalue weighted by atomic mass is 9.82. The molecule has 37 heavy (non-hydrogen) atoms. The Bertz CT molecular complexity index is 1210. The van der Waals surface area contributed by atoms with Gasteiger partial charge in [0.25, 0.3) is 0 Å². The maximum Gasteiger partial charge on any atom is 0.228 e. The van der Waals surface area contributed by atoms with E-state index in [-0.39, 0.29) is 17.6 Å². The summed E-state index contributed by atoms with van der Waals surface area (Å²) in [5.41, 5.74) is 2.81. The molecule has 0 spiro atoms. The Balaban J connectivity index is 1.38. The van der Waals surface area contributed by atoms with Crippen LogP contribution in [-0.2, 0) is 16.0 Å². The molecule has 0 radical (unpaired) electrons. The summed E-state index contributed by atoms with van der Waals surface area (Å²) in [5.74, 6) is 0.561. The van der Waals surface area contributed by atoms with Gasteiger partial charge in [0.1, 0.15) is 11.6 Å². The number of piperidine rings is 2. The Kier molecular flexibility index (Phi) is 7.54. The first-order valence-electron chi connectivity index (χ1n) is 13.1. The van der Waals surface area contributed by atoms with Gasteiger partial charge in [-0.05, 0) is 79.1 Å². The van der Waals surface area contributed by atoms with Crippen LogP contribution < -0.4 is 9.64 Å². The van der Waals surface area contributed by atoms with E-state index in [2.05, 4.69) is 24.3 Å². The second-order valence-electron chi connectivity index (χ2n) is 10.1. The van der Waals surface area contributed by atoms with Crippen molar-refractivity contribution < 1.29 is 18.7 Å². The Morgan fingerprint density at radius 2 is 1.59 bits per heavy atom. The molecule has 0 bridgehead atoms. The van der Waals surface area contributed by atoms with E-state index in [9.17, 15) is 14.0 Å². The Morgan fingerprint density at radius 1 is 0.919 bits per heavy atom. The molecular formula is C31H33FN2O3. The number of hydrogen-bond donors (Lipinski definition) is 0. The van der Waals surface area contributed by atoms with E-state index in [1.54, 1.807) is 24.1 Å². The van der Waals surface area contributed by atoms with E-state index in [0.717, 1.165) is 37.9 Å². The van der Waals surface area contributed by atoms with E-state index >= 15 is 0 Å². The SMILES string of the molecule is COc1ccc(N2C(=O)CC[C@@H](C(=O)N3CCC(Cc4ccccc4)CC3)[C@@H]2c2ccc(F)cc2)cc1. The average molecular weight is 501 g/mol. The van der Waals surface area contributed by atoms with Crippen LogP contribution in [0.4, 0.5) is 10.1 Å². The predicted molar refractivity (Wildman–Crippen MR) is 142 cm³/mol. The molecule has 0 unspecified atom stereocenters. The fourth-order valence-corrected chi connectivity index (χ4v) is 5.78. The molecule has 192 valence electrons. The van der Waals surface area contributed by atoms with Gasteiger partial charge in [0.05, 0.1) is 19.1 Å². The van der Waals surface area contributed by atoms with Crippen molar-refractivity contribution in [1.29, 1.82) is 0 Å². The number of ether oxygens (including phenoxy) is 1. The molecule has 0 aromatic heterocycles. The zero-order chi connectivity index (χ0) is 25.8. The lowest BCUT2D eigenvalue weighted by Gasteiger charge is -2.43. The minimum Gasteiger partial charge on any atom is -0.497 e. The third kappa shape index (κ3) is 5.53. The Morgan fingerprint density at radius 3 is 2.24 bits per heavy atom. The number of carbonyl (C=O) groups excluding carboxylic acids is 2. The van der Waals surface area contributed by atoms with Crippen LogP contribution in [0.2, 0.25) is 0 Å². The van der Waals surface area contributed by atoms with Crippen molar-refractivity contribution in [2.75, 3.05) is 25.1 Å². The molecule has 0 aliphatic carbocycles. The molecule has 2 fully saturated rings. The monoisotopic (exact) mass is 500 g/mol. The predicted octanol–water partition coefficient (Wildman–Crippen LogP) is 5.80. The second-order valence-corrected chi connectivity index (χ2v) is 10.1. The van der Waals surface area contributed by atoms with Crippen LogP contribution >= 0.6 is 0 Å². The van der Waals surface area contributed by atoms with Gasteiger partial charge in [-0.25, -0.2) is 4.39 Å². The minimum atomic E-state index is -0.496. The molecule has 3 aromatic carbocycles. The third-order valence-corrected chi connectivity index (χ3v) is 7.77. The number of rotatable bonds is 6. The van der Waals surface area contributed by atoms with Gasteiger partial charge in [0, 0.05) is 25.2 Å². The number of benzene rings is 3. The average Bonchev–Trinajstić information content (AvgIpc) is 2.94. The molecule has 2 aliphatic rings. The van der Waals surface area contributed by atoms with Crippen molar-refractivity contribution in [3.63, 3.8) is 0 Å². The quantitative estimate of drug-likeness (QED) is 0.430. The molecule has 5 rings (SSSR count). The van der Waals surface area contributed by atoms with Crippen molar-refractivity contribution in [2.45, 2.75) is 38.1 Å². The summed E-state index contributed by atoms with van der Waals surface area (Å²) >= 11 is 0. The molecule has 2 aliphatic heterocycles. The van der Waals surface area contributed by atoms with Gasteiger partial charge in [-0.2, -0.15) is 0 Å². The van der Waals surface area contributed by atoms with Gasteiger partial charge in [-0.1, -0.05) is 42.5 Å². The van der Waals surface area contributed by atoms with Crippen LogP contribution in [0.5, 0.6) is 5.75 Å². The first kappa shape index (κ1) is 25.0. The minimum absolute atomic E-state index is 0.0369. The maximum absolute atomic E-state index is 13.9. The molecule has 6 heteroatoms. The summed E-state index contributed by atoms with van der Waals surface area (Å²) in [7, 11) is 1.60. The fraction of sp³-hybridized carbons (Fsp3) is 0.355. The van der Waals surface area contributed by atoms with E-state index in [1.165, 1.54) is 17.7 Å². The molecule has 3 aromatic rings. The Labute approximate surface area is 217 Å². The van der Waals surface area contributed by atoms with Crippen LogP contribution in [0.25, 0.3) is 0 Å². The number of halogens is 1. The van der Waals surface area contributed by atoms with Crippen LogP contribution in [-0.4, -0.2) is 36.9 Å². The standard InChI is InChI=1S/C31H33FN2O3/c1-37-27-13-11-26(12-14-27)34-29(35)16-15-28(30(34)24-7-9-25(32)10-8-24)31(36)33-19-17-23(18-20-33)21-22-5-3-2-4-6-22/h2-14,23,28,30H,15-21H2,1H3/t28-,30+/m1/s1. The zero-order valence-corrected chi connectivity index (χ0v) is 21.2. The summed E-state index contributed by atoms with van der Waals surface area (Å²) < 4.78 is 19.1. The van der Waals surface area contributed by atoms with Gasteiger partial charge < -0.3 is 14.5 Å². The summed E-state index contributed by atoms with van der Waals surface area (Å²) in [5, 5.41) is 0. The van der Waals surface area contributed by atoms with Crippen molar-refractivity contribution in [3.8, 4) is 5.75 Å². The van der Waals surface area contributed by atoms with Crippen LogP contribution in [0.3, 0.4) is 0 Å². The second kappa shape index (κ2) is 11.2. The van der Waals surface area contributed by atoms with Gasteiger partial charge in [-0.3, -0.25) is 9.59 Å². The topological polar surface area (TPSA) is 49.9 Å². The third-order valence-electron chi connectivity index (χ3n) is 7.77. The number of amides is 2. The van der Waals surface area contributed by atoms with Gasteiger partial charge in [-0.15, -0.1) is 0 Å². The van der Waals surface area contributed by atoms with Crippen LogP contribution in [0.15, 0.2) is 78.9 Å². The van der Waals surface area contributed by atoms with E-state index < -0.39 is 12.0 Å². The number of anilines is 1. The lowest BCUT2D eigenvalue weighted by Crippen LogP contribution is -2.50. The van der Waals surface area contributed by atoms with Gasteiger partial charge in [0.2, 0.25) is 11.8 Å². The summed E-state index contributed by atoms with van der Waals surface area (Å²) in [4.78, 5) is 30.9. The number of methoxy groups -OCH3 is 1. The highest BCUT2D eigenvalue weighted by molar-refractivity contribution is 5.97. The Hall–Kier alpha value is -3.67. The maximum atomic E-state index is 13.9. The van der Waals surface area contributed by atoms with E-state index in [1.807, 2.05) is 35.2 Å². The number of nitrogens with zero attached hydrogens (tertiary/aromatic N) is 2. The fourth-order valence-electron chi connectivity index (χ4n) is 5.78. The van der Waals surface area contributed by atoms with Crippen molar-refractivity contribution in [1.82, 2.24) is 4.90 Å². The van der Waals surface area contributed by atoms with Crippen LogP contribution in [0.1, 0.15) is 42.9 Å². The first-order chi connectivity index (χ1) is 18.0. The van der Waals surface area contributed by atoms with E-state index in [0.29, 0.717) is 30.2 Å². The smallest absolute Gasteiger partial charge is 0.228 e. The van der Waals surface area contributed by atoms with E-state index in [4.69, 9.17) is 4.74 Å². The molecule has 5 nitrogen and oxygen atoms in total. The van der Waals surface area contributed by atoms with Crippen LogP contribution in [0, 0.1) is 17.7 Å². The number of likely N-dealkylation sites (tertiary alicyclic amines) is 1. The molecule has 2 saturated heterocycles. The number of hydrogen-bond acceptors (Lipinski definition) is 3. The summed E-state index contributed by atoms with van der Waals surface area (Å²) in [6.07, 6.45) is 3.75. The molecule has 2 atom stereocenters. The molecule has 2 heterocycles. The zero-order valence-electron chi connectivity index (χ0n) is 21.2. The van der Waals surface area contributed by atoms with Crippen molar-refractivity contribution >= 4 is 17.5 Å². The first-order valence-corrected chi connectivity index (χ1v) is 13.1. The van der Waals surface area contributed by atoms with Gasteiger partial charge in [0.15, 0.2) is 0 Å². The summed E-state index contributed by atoms with van der Waals surface area (Å²) in [6, 6.07) is 23.5. The number of carbonyl (C=O) groups is 2. The highest BCUT2D eigenvalue weighted by atomic mass is 19.1. The lowest BCUT2D eigenvalue weighted by molar-refractivity contribution is -0.139. The van der Waals surface area contributed by atoms with Gasteiger partial charge >= 0.3 is 0 Å². The highest BCUT2D eigenvalue weighted by Crippen LogP contribution is 2.41. The summed E-state index contributed by atoms with van der Waals surface area (Å²) in [6.45, 7) is 1.44.